The molecule has 0 bridgehead atoms. The number of rotatable bonds is 6. The summed E-state index contributed by atoms with van der Waals surface area (Å²) in [6.07, 6.45) is 3.67. The molecule has 0 fully saturated rings. The summed E-state index contributed by atoms with van der Waals surface area (Å²) < 4.78 is 0.984. The van der Waals surface area contributed by atoms with Crippen LogP contribution in [0.2, 0.25) is 0 Å². The maximum absolute atomic E-state index is 12.4. The van der Waals surface area contributed by atoms with Crippen molar-refractivity contribution in [3.8, 4) is 0 Å². The minimum Gasteiger partial charge on any atom is -0.329 e. The van der Waals surface area contributed by atoms with Gasteiger partial charge in [0.15, 0.2) is 0 Å². The van der Waals surface area contributed by atoms with E-state index in [0.29, 0.717) is 0 Å². The molecule has 0 radical (unpaired) electrons. The molecule has 0 aliphatic rings. The normalized spacial score (nSPS) is 11.4. The van der Waals surface area contributed by atoms with E-state index in [1.54, 1.807) is 6.20 Å². The highest BCUT2D eigenvalue weighted by molar-refractivity contribution is 9.10. The smallest absolute Gasteiger partial charge is 0.256 e. The van der Waals surface area contributed by atoms with Crippen molar-refractivity contribution in [3.05, 3.63) is 92.3 Å². The van der Waals surface area contributed by atoms with Gasteiger partial charge in [-0.25, -0.2) is 0 Å². The topological polar surface area (TPSA) is 44.9 Å². The third kappa shape index (κ3) is 4.03. The lowest BCUT2D eigenvalue weighted by Gasteiger charge is -2.11. The van der Waals surface area contributed by atoms with Crippen molar-refractivity contribution < 1.29 is 0 Å². The first-order valence-electron chi connectivity index (χ1n) is 9.60. The summed E-state index contributed by atoms with van der Waals surface area (Å²) in [5, 5.41) is 7.45. The van der Waals surface area contributed by atoms with E-state index in [2.05, 4.69) is 69.6 Å². The molecule has 4 aromatic rings. The molecule has 28 heavy (non-hydrogen) atoms. The highest BCUT2D eigenvalue weighted by Crippen LogP contribution is 2.29. The first-order valence-corrected chi connectivity index (χ1v) is 10.4. The summed E-state index contributed by atoms with van der Waals surface area (Å²) in [5.41, 5.74) is 3.88. The quantitative estimate of drug-likeness (QED) is 0.326. The Morgan fingerprint density at radius 3 is 2.54 bits per heavy atom. The number of benzene rings is 3. The van der Waals surface area contributed by atoms with Crippen molar-refractivity contribution in [3.63, 3.8) is 0 Å². The summed E-state index contributed by atoms with van der Waals surface area (Å²) in [4.78, 5) is 15.2. The van der Waals surface area contributed by atoms with Crippen LogP contribution in [0.4, 0.5) is 0 Å². The fraction of sp³-hybridized carbons (Fsp3) is 0.208. The van der Waals surface area contributed by atoms with Gasteiger partial charge in [0.05, 0.1) is 5.39 Å². The molecule has 0 saturated carbocycles. The van der Waals surface area contributed by atoms with Crippen LogP contribution in [0.5, 0.6) is 0 Å². The monoisotopic (exact) mass is 434 g/mol. The number of hydrogen-bond acceptors (Lipinski definition) is 2. The van der Waals surface area contributed by atoms with Crippen LogP contribution in [0, 0.1) is 6.92 Å². The molecular weight excluding hydrogens is 412 g/mol. The van der Waals surface area contributed by atoms with E-state index >= 15 is 0 Å². The molecule has 0 spiro atoms. The second-order valence-electron chi connectivity index (χ2n) is 7.23. The Hall–Kier alpha value is -2.43. The molecule has 1 heterocycles. The van der Waals surface area contributed by atoms with Crippen molar-refractivity contribution in [1.82, 2.24) is 10.3 Å². The molecule has 1 aromatic heterocycles. The number of aryl methyl sites for hydroxylation is 1. The molecule has 0 aliphatic heterocycles. The van der Waals surface area contributed by atoms with Crippen LogP contribution >= 0.6 is 15.9 Å². The molecular formula is C24H23BrN2O. The van der Waals surface area contributed by atoms with Gasteiger partial charge in [-0.1, -0.05) is 57.9 Å². The second-order valence-corrected chi connectivity index (χ2v) is 8.15. The van der Waals surface area contributed by atoms with Crippen LogP contribution in [0.15, 0.2) is 70.1 Å². The molecule has 0 saturated heterocycles. The van der Waals surface area contributed by atoms with Crippen LogP contribution in [0.25, 0.3) is 21.5 Å². The van der Waals surface area contributed by atoms with Gasteiger partial charge in [-0.3, -0.25) is 4.79 Å². The Kier molecular flexibility index (Phi) is 5.60. The van der Waals surface area contributed by atoms with Crippen LogP contribution in [-0.4, -0.2) is 18.1 Å². The van der Waals surface area contributed by atoms with Gasteiger partial charge in [-0.15, -0.1) is 0 Å². The lowest BCUT2D eigenvalue weighted by atomic mass is 9.96. The third-order valence-corrected chi connectivity index (χ3v) is 5.70. The van der Waals surface area contributed by atoms with Gasteiger partial charge >= 0.3 is 0 Å². The summed E-state index contributed by atoms with van der Waals surface area (Å²) in [7, 11) is 0. The number of fused-ring (bicyclic) bond motifs is 3. The summed E-state index contributed by atoms with van der Waals surface area (Å²) >= 11 is 3.54. The summed E-state index contributed by atoms with van der Waals surface area (Å²) in [6, 6.07) is 19.0. The molecule has 3 aromatic carbocycles. The molecule has 0 aliphatic carbocycles. The van der Waals surface area contributed by atoms with Gasteiger partial charge in [0.2, 0.25) is 0 Å². The van der Waals surface area contributed by atoms with Gasteiger partial charge in [0.25, 0.3) is 5.56 Å². The SMILES string of the molecule is Cc1ccc(CCNCCc2cc3cc[nH]c(=O)c3c3cc(Br)ccc23)cc1. The third-order valence-electron chi connectivity index (χ3n) is 5.20. The largest absolute Gasteiger partial charge is 0.329 e. The van der Waals surface area contributed by atoms with E-state index in [9.17, 15) is 4.79 Å². The number of hydrogen-bond donors (Lipinski definition) is 2. The van der Waals surface area contributed by atoms with Gasteiger partial charge in [-0.2, -0.15) is 0 Å². The summed E-state index contributed by atoms with van der Waals surface area (Å²) in [6.45, 7) is 3.98. The van der Waals surface area contributed by atoms with E-state index in [1.807, 2.05) is 18.2 Å². The lowest BCUT2D eigenvalue weighted by Crippen LogP contribution is -2.20. The van der Waals surface area contributed by atoms with Crippen molar-refractivity contribution in [1.29, 1.82) is 0 Å². The van der Waals surface area contributed by atoms with Gasteiger partial charge in [0.1, 0.15) is 0 Å². The Balaban J connectivity index is 1.51. The average molecular weight is 435 g/mol. The zero-order valence-corrected chi connectivity index (χ0v) is 17.5. The van der Waals surface area contributed by atoms with Crippen molar-refractivity contribution in [2.75, 3.05) is 13.1 Å². The molecule has 0 unspecified atom stereocenters. The molecule has 0 atom stereocenters. The van der Waals surface area contributed by atoms with Crippen LogP contribution in [0.3, 0.4) is 0 Å². The Bertz CT molecular complexity index is 1180. The maximum atomic E-state index is 12.4. The first kappa shape index (κ1) is 18.9. The standard InChI is InChI=1S/C24H23BrN2O/c1-16-2-4-17(5-3-16)8-11-26-12-9-18-14-19-10-13-27-24(28)23(19)22-15-20(25)6-7-21(18)22/h2-7,10,13-15,26H,8-9,11-12H2,1H3,(H,27,28). The molecule has 3 nitrogen and oxygen atoms in total. The predicted molar refractivity (Wildman–Crippen MR) is 121 cm³/mol. The molecule has 4 heteroatoms. The van der Waals surface area contributed by atoms with E-state index < -0.39 is 0 Å². The molecule has 142 valence electrons. The van der Waals surface area contributed by atoms with Gasteiger partial charge in [-0.05, 0) is 78.3 Å². The first-order chi connectivity index (χ1) is 13.6. The molecule has 4 rings (SSSR count). The number of H-pyrrole nitrogens is 1. The van der Waals surface area contributed by atoms with Crippen molar-refractivity contribution >= 4 is 37.5 Å². The van der Waals surface area contributed by atoms with Crippen LogP contribution in [0.1, 0.15) is 16.7 Å². The predicted octanol–water partition coefficient (Wildman–Crippen LogP) is 5.13. The Morgan fingerprint density at radius 1 is 0.929 bits per heavy atom. The van der Waals surface area contributed by atoms with Crippen LogP contribution in [-0.2, 0) is 12.8 Å². The highest BCUT2D eigenvalue weighted by Gasteiger charge is 2.10. The Morgan fingerprint density at radius 2 is 1.71 bits per heavy atom. The molecule has 2 N–H and O–H groups in total. The van der Waals surface area contributed by atoms with Crippen molar-refractivity contribution in [2.45, 2.75) is 19.8 Å². The van der Waals surface area contributed by atoms with Gasteiger partial charge < -0.3 is 10.3 Å². The fourth-order valence-corrected chi connectivity index (χ4v) is 4.06. The van der Waals surface area contributed by atoms with E-state index in [0.717, 1.165) is 51.9 Å². The van der Waals surface area contributed by atoms with Gasteiger partial charge in [0, 0.05) is 10.7 Å². The van der Waals surface area contributed by atoms with Crippen LogP contribution < -0.4 is 10.9 Å². The zero-order valence-electron chi connectivity index (χ0n) is 15.9. The average Bonchev–Trinajstić information content (AvgIpc) is 2.69. The number of nitrogens with one attached hydrogen (secondary N) is 2. The lowest BCUT2D eigenvalue weighted by molar-refractivity contribution is 0.683. The number of halogens is 1. The number of pyridine rings is 1. The van der Waals surface area contributed by atoms with E-state index in [-0.39, 0.29) is 5.56 Å². The minimum atomic E-state index is -0.0385. The van der Waals surface area contributed by atoms with Crippen molar-refractivity contribution in [2.24, 2.45) is 0 Å². The van der Waals surface area contributed by atoms with E-state index in [4.69, 9.17) is 0 Å². The molecule has 0 amide bonds. The minimum absolute atomic E-state index is 0.0385. The Labute approximate surface area is 172 Å². The number of aromatic amines is 1. The maximum Gasteiger partial charge on any atom is 0.256 e. The van der Waals surface area contributed by atoms with E-state index in [1.165, 1.54) is 16.7 Å². The fourth-order valence-electron chi connectivity index (χ4n) is 3.70. The number of aromatic nitrogens is 1. The highest BCUT2D eigenvalue weighted by atomic mass is 79.9. The second kappa shape index (κ2) is 8.29. The summed E-state index contributed by atoms with van der Waals surface area (Å²) in [5.74, 6) is 0. The zero-order chi connectivity index (χ0) is 19.5.